The molecule has 2 rings (SSSR count). The molecule has 0 fully saturated rings. The molecular formula is C12H13N3O2S2. The lowest BCUT2D eigenvalue weighted by Crippen LogP contribution is -1.97. The number of methoxy groups -OCH3 is 1. The van der Waals surface area contributed by atoms with Gasteiger partial charge < -0.3 is 9.84 Å². The Kier molecular flexibility index (Phi) is 4.49. The molecule has 0 saturated heterocycles. The number of aromatic nitrogens is 3. The molecule has 0 aliphatic rings. The second kappa shape index (κ2) is 6.12. The molecule has 2 aromatic rings. The van der Waals surface area contributed by atoms with Crippen molar-refractivity contribution in [2.24, 2.45) is 0 Å². The van der Waals surface area contributed by atoms with Crippen molar-refractivity contribution in [1.82, 2.24) is 15.0 Å². The lowest BCUT2D eigenvalue weighted by Gasteiger charge is -2.07. The number of phenols is 1. The van der Waals surface area contributed by atoms with Crippen LogP contribution in [0.3, 0.4) is 0 Å². The van der Waals surface area contributed by atoms with Gasteiger partial charge in [-0.2, -0.15) is 4.98 Å². The van der Waals surface area contributed by atoms with E-state index in [9.17, 15) is 5.11 Å². The lowest BCUT2D eigenvalue weighted by molar-refractivity contribution is 0.408. The molecule has 0 bridgehead atoms. The second-order valence-corrected chi connectivity index (χ2v) is 5.06. The van der Waals surface area contributed by atoms with E-state index in [4.69, 9.17) is 4.74 Å². The van der Waals surface area contributed by atoms with Crippen molar-refractivity contribution in [3.05, 3.63) is 18.2 Å². The van der Waals surface area contributed by atoms with Crippen LogP contribution in [0.4, 0.5) is 0 Å². The van der Waals surface area contributed by atoms with Crippen LogP contribution >= 0.6 is 23.5 Å². The highest BCUT2D eigenvalue weighted by molar-refractivity contribution is 7.99. The minimum absolute atomic E-state index is 0.0876. The molecule has 1 aromatic heterocycles. The summed E-state index contributed by atoms with van der Waals surface area (Å²) in [6.07, 6.45) is 3.80. The third kappa shape index (κ3) is 3.10. The van der Waals surface area contributed by atoms with Crippen molar-refractivity contribution in [2.75, 3.05) is 19.6 Å². The second-order valence-electron chi connectivity index (χ2n) is 3.52. The molecule has 0 saturated carbocycles. The van der Waals surface area contributed by atoms with E-state index in [0.717, 1.165) is 0 Å². The third-order valence-electron chi connectivity index (χ3n) is 2.41. The van der Waals surface area contributed by atoms with Crippen LogP contribution in [0.1, 0.15) is 0 Å². The summed E-state index contributed by atoms with van der Waals surface area (Å²) in [6, 6.07) is 5.03. The molecule has 7 heteroatoms. The quantitative estimate of drug-likeness (QED) is 0.870. The Hall–Kier alpha value is -1.47. The number of aromatic hydroxyl groups is 1. The summed E-state index contributed by atoms with van der Waals surface area (Å²) >= 11 is 2.88. The van der Waals surface area contributed by atoms with Crippen LogP contribution in [0.5, 0.6) is 11.5 Å². The van der Waals surface area contributed by atoms with Gasteiger partial charge in [0.1, 0.15) is 11.5 Å². The van der Waals surface area contributed by atoms with E-state index in [1.54, 1.807) is 19.2 Å². The van der Waals surface area contributed by atoms with E-state index in [2.05, 4.69) is 15.0 Å². The zero-order chi connectivity index (χ0) is 13.8. The van der Waals surface area contributed by atoms with Gasteiger partial charge in [0.05, 0.1) is 12.7 Å². The number of thioether (sulfide) groups is 2. The van der Waals surface area contributed by atoms with E-state index in [1.165, 1.54) is 29.6 Å². The van der Waals surface area contributed by atoms with Crippen LogP contribution in [0, 0.1) is 0 Å². The highest BCUT2D eigenvalue weighted by Gasteiger charge is 2.12. The zero-order valence-corrected chi connectivity index (χ0v) is 12.4. The number of benzene rings is 1. The summed E-state index contributed by atoms with van der Waals surface area (Å²) in [6.45, 7) is 0. The van der Waals surface area contributed by atoms with Gasteiger partial charge in [-0.3, -0.25) is 0 Å². The Morgan fingerprint density at radius 3 is 2.16 bits per heavy atom. The van der Waals surface area contributed by atoms with E-state index >= 15 is 0 Å². The average Bonchev–Trinajstić information content (AvgIpc) is 2.46. The van der Waals surface area contributed by atoms with Crippen LogP contribution < -0.4 is 4.74 Å². The molecule has 19 heavy (non-hydrogen) atoms. The molecular weight excluding hydrogens is 282 g/mol. The minimum atomic E-state index is 0.0876. The largest absolute Gasteiger partial charge is 0.507 e. The third-order valence-corrected chi connectivity index (χ3v) is 3.50. The van der Waals surface area contributed by atoms with Gasteiger partial charge in [-0.1, -0.05) is 23.5 Å². The lowest BCUT2D eigenvalue weighted by atomic mass is 10.2. The Morgan fingerprint density at radius 2 is 1.68 bits per heavy atom. The van der Waals surface area contributed by atoms with Crippen molar-refractivity contribution < 1.29 is 9.84 Å². The SMILES string of the molecule is COc1ccc(-c2nc(SC)nc(SC)n2)c(O)c1. The van der Waals surface area contributed by atoms with Crippen molar-refractivity contribution in [2.45, 2.75) is 10.3 Å². The standard InChI is InChI=1S/C12H13N3O2S2/c1-17-7-4-5-8(9(16)6-7)10-13-11(18-2)15-12(14-10)19-3/h4-6,16H,1-3H3. The Balaban J connectivity index is 2.51. The minimum Gasteiger partial charge on any atom is -0.507 e. The van der Waals surface area contributed by atoms with Crippen molar-refractivity contribution in [1.29, 1.82) is 0 Å². The predicted molar refractivity (Wildman–Crippen MR) is 77.0 cm³/mol. The number of rotatable bonds is 4. The van der Waals surface area contributed by atoms with Crippen LogP contribution in [-0.2, 0) is 0 Å². The Bertz CT molecular complexity index is 571. The summed E-state index contributed by atoms with van der Waals surface area (Å²) in [5.41, 5.74) is 0.564. The van der Waals surface area contributed by atoms with Gasteiger partial charge >= 0.3 is 0 Å². The maximum atomic E-state index is 10.0. The number of nitrogens with zero attached hydrogens (tertiary/aromatic N) is 3. The first-order chi connectivity index (χ1) is 9.17. The molecule has 0 atom stereocenters. The molecule has 0 amide bonds. The summed E-state index contributed by atoms with van der Waals surface area (Å²) in [7, 11) is 1.55. The first-order valence-electron chi connectivity index (χ1n) is 5.39. The maximum absolute atomic E-state index is 10.0. The molecule has 1 aromatic carbocycles. The number of phenolic OH excluding ortho intramolecular Hbond substituents is 1. The molecule has 1 N–H and O–H groups in total. The molecule has 0 aliphatic heterocycles. The van der Waals surface area contributed by atoms with Crippen molar-refractivity contribution >= 4 is 23.5 Å². The van der Waals surface area contributed by atoms with E-state index in [-0.39, 0.29) is 5.75 Å². The van der Waals surface area contributed by atoms with Crippen molar-refractivity contribution in [3.8, 4) is 22.9 Å². The fourth-order valence-corrected chi connectivity index (χ4v) is 2.24. The normalized spacial score (nSPS) is 10.5. The van der Waals surface area contributed by atoms with E-state index in [1.807, 2.05) is 12.5 Å². The van der Waals surface area contributed by atoms with Gasteiger partial charge in [-0.15, -0.1) is 0 Å². The fraction of sp³-hybridized carbons (Fsp3) is 0.250. The van der Waals surface area contributed by atoms with Gasteiger partial charge in [-0.05, 0) is 24.6 Å². The molecule has 1 heterocycles. The molecule has 100 valence electrons. The first-order valence-corrected chi connectivity index (χ1v) is 7.84. The smallest absolute Gasteiger partial charge is 0.191 e. The van der Waals surface area contributed by atoms with Gasteiger partial charge in [0, 0.05) is 6.07 Å². The van der Waals surface area contributed by atoms with E-state index in [0.29, 0.717) is 27.5 Å². The molecule has 0 aliphatic carbocycles. The summed E-state index contributed by atoms with van der Waals surface area (Å²) in [4.78, 5) is 12.9. The zero-order valence-electron chi connectivity index (χ0n) is 10.7. The van der Waals surface area contributed by atoms with Crippen molar-refractivity contribution in [3.63, 3.8) is 0 Å². The topological polar surface area (TPSA) is 68.1 Å². The predicted octanol–water partition coefficient (Wildman–Crippen LogP) is 2.70. The van der Waals surface area contributed by atoms with E-state index < -0.39 is 0 Å². The Labute approximate surface area is 119 Å². The number of ether oxygens (including phenoxy) is 1. The summed E-state index contributed by atoms with van der Waals surface area (Å²) in [5.74, 6) is 1.14. The number of hydrogen-bond acceptors (Lipinski definition) is 7. The van der Waals surface area contributed by atoms with Gasteiger partial charge in [0.2, 0.25) is 0 Å². The highest BCUT2D eigenvalue weighted by Crippen LogP contribution is 2.31. The van der Waals surface area contributed by atoms with Gasteiger partial charge in [0.15, 0.2) is 16.1 Å². The molecule has 5 nitrogen and oxygen atoms in total. The van der Waals surface area contributed by atoms with Gasteiger partial charge in [-0.25, -0.2) is 9.97 Å². The van der Waals surface area contributed by atoms with Crippen LogP contribution in [0.2, 0.25) is 0 Å². The highest BCUT2D eigenvalue weighted by atomic mass is 32.2. The fourth-order valence-electron chi connectivity index (χ4n) is 1.47. The average molecular weight is 295 g/mol. The summed E-state index contributed by atoms with van der Waals surface area (Å²) in [5, 5.41) is 11.3. The van der Waals surface area contributed by atoms with Crippen LogP contribution in [0.15, 0.2) is 28.5 Å². The van der Waals surface area contributed by atoms with Crippen LogP contribution in [-0.4, -0.2) is 39.7 Å². The van der Waals surface area contributed by atoms with Crippen LogP contribution in [0.25, 0.3) is 11.4 Å². The molecule has 0 unspecified atom stereocenters. The number of hydrogen-bond donors (Lipinski definition) is 1. The molecule has 0 radical (unpaired) electrons. The maximum Gasteiger partial charge on any atom is 0.191 e. The monoisotopic (exact) mass is 295 g/mol. The Morgan fingerprint density at radius 1 is 1.05 bits per heavy atom. The first kappa shape index (κ1) is 14.0. The molecule has 0 spiro atoms. The van der Waals surface area contributed by atoms with Gasteiger partial charge in [0.25, 0.3) is 0 Å². The summed E-state index contributed by atoms with van der Waals surface area (Å²) < 4.78 is 5.05.